The number of carbonyl (C=O) groups excluding carboxylic acids is 1. The van der Waals surface area contributed by atoms with Crippen LogP contribution in [-0.4, -0.2) is 72.0 Å². The molecule has 2 aliphatic heterocycles. The molecule has 25 heavy (non-hydrogen) atoms. The van der Waals surface area contributed by atoms with E-state index < -0.39 is 0 Å². The van der Waals surface area contributed by atoms with Gasteiger partial charge in [0.05, 0.1) is 5.56 Å². The molecule has 1 amide bonds. The number of aryl methyl sites for hydroxylation is 2. The van der Waals surface area contributed by atoms with Crippen molar-refractivity contribution < 1.29 is 9.21 Å². The summed E-state index contributed by atoms with van der Waals surface area (Å²) in [6.45, 7) is 16.3. The first-order valence-corrected chi connectivity index (χ1v) is 9.72. The van der Waals surface area contributed by atoms with Gasteiger partial charge in [0.1, 0.15) is 11.5 Å². The van der Waals surface area contributed by atoms with E-state index in [9.17, 15) is 4.79 Å². The van der Waals surface area contributed by atoms with Gasteiger partial charge in [0, 0.05) is 56.9 Å². The van der Waals surface area contributed by atoms with Crippen LogP contribution in [0.4, 0.5) is 0 Å². The molecular formula is C20H33N3O2. The smallest absolute Gasteiger partial charge is 0.257 e. The van der Waals surface area contributed by atoms with E-state index in [4.69, 9.17) is 4.42 Å². The zero-order valence-electron chi connectivity index (χ0n) is 16.5. The first kappa shape index (κ1) is 18.5. The fourth-order valence-corrected chi connectivity index (χ4v) is 4.39. The first-order chi connectivity index (χ1) is 11.9. The van der Waals surface area contributed by atoms with Crippen molar-refractivity contribution in [1.29, 1.82) is 0 Å². The van der Waals surface area contributed by atoms with Crippen molar-refractivity contribution in [2.75, 3.05) is 39.3 Å². The van der Waals surface area contributed by atoms with Gasteiger partial charge in [0.2, 0.25) is 0 Å². The standard InChI is InChI=1S/C20H33N3O2/c1-14-6-7-15(2)23(14)13-10-21-8-11-22(12-9-21)20(24)19-16(3)17(4)25-18(19)5/h14-15H,6-13H2,1-5H3. The molecule has 0 saturated carbocycles. The summed E-state index contributed by atoms with van der Waals surface area (Å²) in [5.41, 5.74) is 1.76. The third kappa shape index (κ3) is 3.77. The fourth-order valence-electron chi connectivity index (χ4n) is 4.39. The minimum atomic E-state index is 0.133. The Balaban J connectivity index is 1.51. The van der Waals surface area contributed by atoms with Crippen LogP contribution in [0.25, 0.3) is 0 Å². The molecule has 0 aromatic carbocycles. The number of hydrogen-bond acceptors (Lipinski definition) is 4. The van der Waals surface area contributed by atoms with E-state index in [-0.39, 0.29) is 5.91 Å². The van der Waals surface area contributed by atoms with Gasteiger partial charge in [-0.2, -0.15) is 0 Å². The second kappa shape index (κ2) is 7.50. The molecule has 2 fully saturated rings. The number of amides is 1. The molecule has 1 aromatic heterocycles. The summed E-state index contributed by atoms with van der Waals surface area (Å²) in [4.78, 5) is 20.0. The Morgan fingerprint density at radius 2 is 1.56 bits per heavy atom. The summed E-state index contributed by atoms with van der Waals surface area (Å²) in [7, 11) is 0. The molecule has 0 aliphatic carbocycles. The predicted molar refractivity (Wildman–Crippen MR) is 100 cm³/mol. The van der Waals surface area contributed by atoms with Crippen molar-refractivity contribution in [3.63, 3.8) is 0 Å². The summed E-state index contributed by atoms with van der Waals surface area (Å²) in [6.07, 6.45) is 2.65. The Morgan fingerprint density at radius 3 is 2.08 bits per heavy atom. The van der Waals surface area contributed by atoms with E-state index in [1.54, 1.807) is 0 Å². The number of carbonyl (C=O) groups is 1. The Morgan fingerprint density at radius 1 is 0.960 bits per heavy atom. The van der Waals surface area contributed by atoms with Crippen LogP contribution < -0.4 is 0 Å². The van der Waals surface area contributed by atoms with Gasteiger partial charge >= 0.3 is 0 Å². The summed E-state index contributed by atoms with van der Waals surface area (Å²) in [5.74, 6) is 1.74. The third-order valence-electron chi connectivity index (χ3n) is 6.24. The molecular weight excluding hydrogens is 314 g/mol. The molecule has 5 heteroatoms. The van der Waals surface area contributed by atoms with Crippen molar-refractivity contribution >= 4 is 5.91 Å². The van der Waals surface area contributed by atoms with Gasteiger partial charge in [-0.15, -0.1) is 0 Å². The maximum absolute atomic E-state index is 12.9. The molecule has 5 nitrogen and oxygen atoms in total. The van der Waals surface area contributed by atoms with Gasteiger partial charge < -0.3 is 9.32 Å². The second-order valence-electron chi connectivity index (χ2n) is 7.86. The first-order valence-electron chi connectivity index (χ1n) is 9.72. The molecule has 0 N–H and O–H groups in total. The van der Waals surface area contributed by atoms with Gasteiger partial charge in [-0.1, -0.05) is 0 Å². The Hall–Kier alpha value is -1.33. The summed E-state index contributed by atoms with van der Waals surface area (Å²) in [5, 5.41) is 0. The topological polar surface area (TPSA) is 39.9 Å². The highest BCUT2D eigenvalue weighted by atomic mass is 16.3. The zero-order chi connectivity index (χ0) is 18.1. The largest absolute Gasteiger partial charge is 0.466 e. The third-order valence-corrected chi connectivity index (χ3v) is 6.24. The molecule has 2 unspecified atom stereocenters. The molecule has 3 heterocycles. The minimum Gasteiger partial charge on any atom is -0.466 e. The molecule has 3 rings (SSSR count). The molecule has 140 valence electrons. The quantitative estimate of drug-likeness (QED) is 0.840. The van der Waals surface area contributed by atoms with E-state index >= 15 is 0 Å². The van der Waals surface area contributed by atoms with Crippen molar-refractivity contribution in [2.45, 2.75) is 59.5 Å². The van der Waals surface area contributed by atoms with Crippen LogP contribution in [0.1, 0.15) is 54.1 Å². The number of rotatable bonds is 4. The number of nitrogens with zero attached hydrogens (tertiary/aromatic N) is 3. The lowest BCUT2D eigenvalue weighted by molar-refractivity contribution is 0.0612. The Labute approximate surface area is 151 Å². The van der Waals surface area contributed by atoms with Crippen LogP contribution in [0.15, 0.2) is 4.42 Å². The van der Waals surface area contributed by atoms with E-state index in [1.807, 2.05) is 25.7 Å². The fraction of sp³-hybridized carbons (Fsp3) is 0.750. The summed E-state index contributed by atoms with van der Waals surface area (Å²) >= 11 is 0. The molecule has 2 aliphatic rings. The normalized spacial score (nSPS) is 25.7. The number of likely N-dealkylation sites (tertiary alicyclic amines) is 1. The number of furan rings is 1. The monoisotopic (exact) mass is 347 g/mol. The number of hydrogen-bond donors (Lipinski definition) is 0. The molecule has 1 aromatic rings. The lowest BCUT2D eigenvalue weighted by Gasteiger charge is -2.36. The van der Waals surface area contributed by atoms with Gasteiger partial charge in [-0.05, 0) is 47.5 Å². The molecule has 2 atom stereocenters. The predicted octanol–water partition coefficient (Wildman–Crippen LogP) is 2.84. The van der Waals surface area contributed by atoms with Crippen LogP contribution in [0.5, 0.6) is 0 Å². The van der Waals surface area contributed by atoms with Crippen LogP contribution >= 0.6 is 0 Å². The summed E-state index contributed by atoms with van der Waals surface area (Å²) in [6, 6.07) is 1.43. The SMILES string of the molecule is Cc1oc(C)c(C(=O)N2CCN(CCN3C(C)CCC3C)CC2)c1C. The lowest BCUT2D eigenvalue weighted by atomic mass is 10.1. The second-order valence-corrected chi connectivity index (χ2v) is 7.86. The van der Waals surface area contributed by atoms with Crippen molar-refractivity contribution in [3.8, 4) is 0 Å². The van der Waals surface area contributed by atoms with Crippen LogP contribution in [0, 0.1) is 20.8 Å². The highest BCUT2D eigenvalue weighted by Gasteiger charge is 2.29. The molecule has 0 spiro atoms. The average molecular weight is 348 g/mol. The van der Waals surface area contributed by atoms with E-state index in [2.05, 4.69) is 23.6 Å². The van der Waals surface area contributed by atoms with Crippen molar-refractivity contribution in [3.05, 3.63) is 22.6 Å². The van der Waals surface area contributed by atoms with Gasteiger partial charge in [0.25, 0.3) is 5.91 Å². The van der Waals surface area contributed by atoms with Gasteiger partial charge in [-0.25, -0.2) is 0 Å². The van der Waals surface area contributed by atoms with E-state index in [0.29, 0.717) is 12.1 Å². The molecule has 0 radical (unpaired) electrons. The maximum atomic E-state index is 12.9. The highest BCUT2D eigenvalue weighted by molar-refractivity contribution is 5.97. The van der Waals surface area contributed by atoms with E-state index in [0.717, 1.165) is 61.9 Å². The van der Waals surface area contributed by atoms with Crippen LogP contribution in [0.3, 0.4) is 0 Å². The van der Waals surface area contributed by atoms with Gasteiger partial charge in [-0.3, -0.25) is 14.6 Å². The van der Waals surface area contributed by atoms with Crippen LogP contribution in [-0.2, 0) is 0 Å². The summed E-state index contributed by atoms with van der Waals surface area (Å²) < 4.78 is 5.63. The minimum absolute atomic E-state index is 0.133. The van der Waals surface area contributed by atoms with Crippen LogP contribution in [0.2, 0.25) is 0 Å². The van der Waals surface area contributed by atoms with E-state index in [1.165, 1.54) is 12.8 Å². The van der Waals surface area contributed by atoms with Gasteiger partial charge in [0.15, 0.2) is 0 Å². The Kier molecular flexibility index (Phi) is 5.54. The Bertz CT molecular complexity index is 607. The van der Waals surface area contributed by atoms with Crippen molar-refractivity contribution in [2.24, 2.45) is 0 Å². The number of piperazine rings is 1. The molecule has 0 bridgehead atoms. The maximum Gasteiger partial charge on any atom is 0.257 e. The lowest BCUT2D eigenvalue weighted by Crippen LogP contribution is -2.51. The molecule has 2 saturated heterocycles. The highest BCUT2D eigenvalue weighted by Crippen LogP contribution is 2.24. The van der Waals surface area contributed by atoms with Crippen molar-refractivity contribution in [1.82, 2.24) is 14.7 Å². The zero-order valence-corrected chi connectivity index (χ0v) is 16.5. The average Bonchev–Trinajstić information content (AvgIpc) is 3.04.